The van der Waals surface area contributed by atoms with Gasteiger partial charge < -0.3 is 0 Å². The minimum absolute atomic E-state index is 0.751. The van der Waals surface area contributed by atoms with Crippen molar-refractivity contribution in [3.05, 3.63) is 70.5 Å². The molecule has 22 heavy (non-hydrogen) atoms. The summed E-state index contributed by atoms with van der Waals surface area (Å²) < 4.78 is 1.96. The lowest BCUT2D eigenvalue weighted by Crippen LogP contribution is -1.96. The van der Waals surface area contributed by atoms with E-state index in [2.05, 4.69) is 41.4 Å². The van der Waals surface area contributed by atoms with E-state index in [9.17, 15) is 0 Å². The van der Waals surface area contributed by atoms with Crippen molar-refractivity contribution in [1.29, 1.82) is 0 Å². The van der Waals surface area contributed by atoms with E-state index in [0.717, 1.165) is 27.2 Å². The van der Waals surface area contributed by atoms with Crippen molar-refractivity contribution in [2.24, 2.45) is 0 Å². The second-order valence-electron chi connectivity index (χ2n) is 5.19. The lowest BCUT2D eigenvalue weighted by Gasteiger charge is -2.08. The molecule has 1 heterocycles. The molecule has 0 amide bonds. The highest BCUT2D eigenvalue weighted by Crippen LogP contribution is 2.25. The third-order valence-corrected chi connectivity index (χ3v) is 4.86. The predicted octanol–water partition coefficient (Wildman–Crippen LogP) is 4.83. The van der Waals surface area contributed by atoms with Crippen LogP contribution in [0.5, 0.6) is 0 Å². The molecule has 3 rings (SSSR count). The van der Waals surface area contributed by atoms with Gasteiger partial charge in [-0.05, 0) is 37.1 Å². The first-order valence-electron chi connectivity index (χ1n) is 6.98. The molecule has 0 saturated heterocycles. The molecule has 0 atom stereocenters. The van der Waals surface area contributed by atoms with Crippen LogP contribution in [0.2, 0.25) is 5.02 Å². The number of aromatic nitrogens is 3. The standard InChI is InChI=1S/C17H16ClN3S/c1-12-3-6-14(7-4-12)10-22-17-20-19-11-21(17)15-8-5-13(2)16(18)9-15/h3-9,11H,10H2,1-2H3. The number of rotatable bonds is 4. The quantitative estimate of drug-likeness (QED) is 0.642. The maximum atomic E-state index is 6.21. The first kappa shape index (κ1) is 15.1. The zero-order valence-corrected chi connectivity index (χ0v) is 14.0. The van der Waals surface area contributed by atoms with Crippen molar-refractivity contribution < 1.29 is 0 Å². The summed E-state index contributed by atoms with van der Waals surface area (Å²) in [5.74, 6) is 0.860. The Labute approximate surface area is 139 Å². The highest BCUT2D eigenvalue weighted by Gasteiger charge is 2.08. The molecule has 0 N–H and O–H groups in total. The van der Waals surface area contributed by atoms with Crippen LogP contribution < -0.4 is 0 Å². The van der Waals surface area contributed by atoms with E-state index in [1.807, 2.05) is 29.7 Å². The minimum atomic E-state index is 0.751. The van der Waals surface area contributed by atoms with Gasteiger partial charge >= 0.3 is 0 Å². The number of aryl methyl sites for hydroxylation is 2. The fourth-order valence-corrected chi connectivity index (χ4v) is 3.12. The normalized spacial score (nSPS) is 10.9. The van der Waals surface area contributed by atoms with Crippen LogP contribution >= 0.6 is 23.4 Å². The average molecular weight is 330 g/mol. The van der Waals surface area contributed by atoms with Gasteiger partial charge in [0.1, 0.15) is 6.33 Å². The van der Waals surface area contributed by atoms with E-state index in [1.54, 1.807) is 18.1 Å². The monoisotopic (exact) mass is 329 g/mol. The Morgan fingerprint density at radius 1 is 1.09 bits per heavy atom. The Morgan fingerprint density at radius 2 is 1.86 bits per heavy atom. The van der Waals surface area contributed by atoms with Crippen LogP contribution in [0.4, 0.5) is 0 Å². The van der Waals surface area contributed by atoms with Gasteiger partial charge in [-0.25, -0.2) is 0 Å². The molecule has 5 heteroatoms. The zero-order valence-electron chi connectivity index (χ0n) is 12.5. The summed E-state index contributed by atoms with van der Waals surface area (Å²) in [5, 5.41) is 9.85. The number of thioether (sulfide) groups is 1. The summed E-state index contributed by atoms with van der Waals surface area (Å²) >= 11 is 7.87. The van der Waals surface area contributed by atoms with Crippen molar-refractivity contribution in [3.63, 3.8) is 0 Å². The molecule has 2 aromatic carbocycles. The first-order chi connectivity index (χ1) is 10.6. The highest BCUT2D eigenvalue weighted by atomic mass is 35.5. The van der Waals surface area contributed by atoms with Gasteiger partial charge in [0, 0.05) is 10.8 Å². The first-order valence-corrected chi connectivity index (χ1v) is 8.35. The van der Waals surface area contributed by atoms with Crippen molar-refractivity contribution in [2.45, 2.75) is 24.8 Å². The number of benzene rings is 2. The molecule has 0 fully saturated rings. The molecule has 0 spiro atoms. The number of halogens is 1. The summed E-state index contributed by atoms with van der Waals surface area (Å²) in [7, 11) is 0. The zero-order chi connectivity index (χ0) is 15.5. The van der Waals surface area contributed by atoms with Crippen LogP contribution in [0, 0.1) is 13.8 Å². The topological polar surface area (TPSA) is 30.7 Å². The molecule has 112 valence electrons. The largest absolute Gasteiger partial charge is 0.277 e. The van der Waals surface area contributed by atoms with Crippen LogP contribution in [0.1, 0.15) is 16.7 Å². The summed E-state index contributed by atoms with van der Waals surface area (Å²) in [4.78, 5) is 0. The second kappa shape index (κ2) is 6.55. The number of hydrogen-bond donors (Lipinski definition) is 0. The molecule has 1 aromatic heterocycles. The van der Waals surface area contributed by atoms with Gasteiger partial charge in [-0.2, -0.15) is 0 Å². The van der Waals surface area contributed by atoms with Gasteiger partial charge in [0.25, 0.3) is 0 Å². The minimum Gasteiger partial charge on any atom is -0.277 e. The van der Waals surface area contributed by atoms with Gasteiger partial charge in [-0.3, -0.25) is 4.57 Å². The maximum absolute atomic E-state index is 6.21. The number of hydrogen-bond acceptors (Lipinski definition) is 3. The van der Waals surface area contributed by atoms with E-state index < -0.39 is 0 Å². The van der Waals surface area contributed by atoms with Crippen LogP contribution in [-0.2, 0) is 5.75 Å². The summed E-state index contributed by atoms with van der Waals surface area (Å²) in [5.41, 5.74) is 4.58. The lowest BCUT2D eigenvalue weighted by molar-refractivity contribution is 0.883. The van der Waals surface area contributed by atoms with E-state index >= 15 is 0 Å². The highest BCUT2D eigenvalue weighted by molar-refractivity contribution is 7.98. The summed E-state index contributed by atoms with van der Waals surface area (Å²) in [6.07, 6.45) is 1.72. The smallest absolute Gasteiger partial charge is 0.195 e. The fourth-order valence-electron chi connectivity index (χ4n) is 2.06. The van der Waals surface area contributed by atoms with Crippen LogP contribution in [0.3, 0.4) is 0 Å². The van der Waals surface area contributed by atoms with Crippen LogP contribution in [0.25, 0.3) is 5.69 Å². The van der Waals surface area contributed by atoms with E-state index in [4.69, 9.17) is 11.6 Å². The summed E-state index contributed by atoms with van der Waals surface area (Å²) in [6.45, 7) is 4.08. The Balaban J connectivity index is 1.79. The van der Waals surface area contributed by atoms with Crippen molar-refractivity contribution in [2.75, 3.05) is 0 Å². The Morgan fingerprint density at radius 3 is 2.59 bits per heavy atom. The van der Waals surface area contributed by atoms with Crippen LogP contribution in [-0.4, -0.2) is 14.8 Å². The third-order valence-electron chi connectivity index (χ3n) is 3.44. The van der Waals surface area contributed by atoms with Crippen molar-refractivity contribution in [1.82, 2.24) is 14.8 Å². The molecule has 0 saturated carbocycles. The van der Waals surface area contributed by atoms with Crippen molar-refractivity contribution in [3.8, 4) is 5.69 Å². The fraction of sp³-hybridized carbons (Fsp3) is 0.176. The van der Waals surface area contributed by atoms with Gasteiger partial charge in [-0.1, -0.05) is 59.3 Å². The second-order valence-corrected chi connectivity index (χ2v) is 6.54. The average Bonchev–Trinajstić information content (AvgIpc) is 2.98. The maximum Gasteiger partial charge on any atom is 0.195 e. The molecule has 3 nitrogen and oxygen atoms in total. The SMILES string of the molecule is Cc1ccc(CSc2nncn2-c2ccc(C)c(Cl)c2)cc1. The molecule has 3 aromatic rings. The predicted molar refractivity (Wildman–Crippen MR) is 91.8 cm³/mol. The molecule has 0 radical (unpaired) electrons. The molecular formula is C17H16ClN3S. The van der Waals surface area contributed by atoms with Gasteiger partial charge in [0.15, 0.2) is 5.16 Å². The molecular weight excluding hydrogens is 314 g/mol. The van der Waals surface area contributed by atoms with Crippen LogP contribution in [0.15, 0.2) is 53.9 Å². The summed E-state index contributed by atoms with van der Waals surface area (Å²) in [6, 6.07) is 14.5. The Hall–Kier alpha value is -1.78. The van der Waals surface area contributed by atoms with Crippen molar-refractivity contribution >= 4 is 23.4 Å². The Kier molecular flexibility index (Phi) is 4.50. The van der Waals surface area contributed by atoms with E-state index in [0.29, 0.717) is 0 Å². The third kappa shape index (κ3) is 3.34. The molecule has 0 aliphatic carbocycles. The molecule has 0 unspecified atom stereocenters. The van der Waals surface area contributed by atoms with E-state index in [-0.39, 0.29) is 0 Å². The molecule has 0 aliphatic rings. The Bertz CT molecular complexity index is 781. The van der Waals surface area contributed by atoms with Gasteiger partial charge in [0.2, 0.25) is 0 Å². The van der Waals surface area contributed by atoms with Gasteiger partial charge in [0.05, 0.1) is 5.69 Å². The number of nitrogens with zero attached hydrogens (tertiary/aromatic N) is 3. The van der Waals surface area contributed by atoms with Gasteiger partial charge in [-0.15, -0.1) is 10.2 Å². The lowest BCUT2D eigenvalue weighted by atomic mass is 10.2. The molecule has 0 bridgehead atoms. The van der Waals surface area contributed by atoms with E-state index in [1.165, 1.54) is 11.1 Å². The molecule has 0 aliphatic heterocycles.